The van der Waals surface area contributed by atoms with Crippen molar-refractivity contribution in [2.45, 2.75) is 50.7 Å². The second kappa shape index (κ2) is 15.7. The molecule has 0 heterocycles. The van der Waals surface area contributed by atoms with Crippen molar-refractivity contribution in [3.05, 3.63) is 124 Å². The summed E-state index contributed by atoms with van der Waals surface area (Å²) >= 11 is 13.1. The number of ether oxygens (including phenoxy) is 1. The van der Waals surface area contributed by atoms with Crippen molar-refractivity contribution < 1.29 is 22.7 Å². The summed E-state index contributed by atoms with van der Waals surface area (Å²) in [7, 11) is -3.94. The number of carbonyl (C=O) groups excluding carboxylic acids is 2. The second-order valence-electron chi connectivity index (χ2n) is 11.6. The number of halogens is 2. The van der Waals surface area contributed by atoms with Crippen LogP contribution in [0.25, 0.3) is 0 Å². The van der Waals surface area contributed by atoms with Gasteiger partial charge in [0, 0.05) is 34.6 Å². The summed E-state index contributed by atoms with van der Waals surface area (Å²) in [5.41, 5.74) is 1.58. The van der Waals surface area contributed by atoms with E-state index < -0.39 is 28.5 Å². The van der Waals surface area contributed by atoms with E-state index in [1.54, 1.807) is 42.5 Å². The van der Waals surface area contributed by atoms with Gasteiger partial charge in [0.25, 0.3) is 0 Å². The fraction of sp³-hybridized carbons (Fsp3) is 0.278. The van der Waals surface area contributed by atoms with Crippen LogP contribution in [0.2, 0.25) is 10.0 Å². The molecule has 4 aromatic carbocycles. The van der Waals surface area contributed by atoms with Gasteiger partial charge in [-0.15, -0.1) is 0 Å². The van der Waals surface area contributed by atoms with Gasteiger partial charge in [0.05, 0.1) is 11.9 Å². The fourth-order valence-electron chi connectivity index (χ4n) is 5.69. The Kier molecular flexibility index (Phi) is 11.4. The Morgan fingerprint density at radius 3 is 2.00 bits per heavy atom. The van der Waals surface area contributed by atoms with Crippen molar-refractivity contribution >= 4 is 50.7 Å². The van der Waals surface area contributed by atoms with Crippen molar-refractivity contribution in [3.63, 3.8) is 0 Å². The molecule has 0 spiro atoms. The second-order valence-corrected chi connectivity index (χ2v) is 14.3. The maximum absolute atomic E-state index is 14.4. The Balaban J connectivity index is 1.49. The fourth-order valence-corrected chi connectivity index (χ4v) is 7.06. The van der Waals surface area contributed by atoms with E-state index in [1.807, 2.05) is 60.7 Å². The van der Waals surface area contributed by atoms with Crippen LogP contribution in [0.1, 0.15) is 36.8 Å². The molecule has 1 saturated carbocycles. The quantitative estimate of drug-likeness (QED) is 0.159. The summed E-state index contributed by atoms with van der Waals surface area (Å²) in [4.78, 5) is 29.8. The number of para-hydroxylation sites is 1. The van der Waals surface area contributed by atoms with E-state index in [-0.39, 0.29) is 30.6 Å². The average molecular weight is 695 g/mol. The number of carbonyl (C=O) groups is 2. The van der Waals surface area contributed by atoms with Crippen LogP contribution in [0.15, 0.2) is 103 Å². The van der Waals surface area contributed by atoms with Crippen LogP contribution in [0, 0.1) is 0 Å². The van der Waals surface area contributed by atoms with E-state index in [9.17, 15) is 18.0 Å². The molecule has 1 fully saturated rings. The highest BCUT2D eigenvalue weighted by atomic mass is 35.5. The molecule has 1 atom stereocenters. The van der Waals surface area contributed by atoms with Gasteiger partial charge in [-0.25, -0.2) is 8.42 Å². The minimum atomic E-state index is -3.94. The topological polar surface area (TPSA) is 96.0 Å². The summed E-state index contributed by atoms with van der Waals surface area (Å²) in [5.74, 6) is 0.231. The lowest BCUT2D eigenvalue weighted by molar-refractivity contribution is -0.140. The summed E-state index contributed by atoms with van der Waals surface area (Å²) in [5, 5.41) is 3.81. The highest BCUT2D eigenvalue weighted by molar-refractivity contribution is 7.92. The molecule has 5 rings (SSSR count). The molecule has 1 aliphatic carbocycles. The highest BCUT2D eigenvalue weighted by Gasteiger charge is 2.35. The average Bonchev–Trinajstić information content (AvgIpc) is 3.56. The van der Waals surface area contributed by atoms with Crippen molar-refractivity contribution in [1.29, 1.82) is 0 Å². The summed E-state index contributed by atoms with van der Waals surface area (Å²) in [6.45, 7) is -0.657. The van der Waals surface area contributed by atoms with Crippen molar-refractivity contribution in [2.24, 2.45) is 0 Å². The van der Waals surface area contributed by atoms with Crippen LogP contribution in [0.4, 0.5) is 5.69 Å². The number of hydrogen-bond acceptors (Lipinski definition) is 5. The molecule has 1 aliphatic rings. The lowest BCUT2D eigenvalue weighted by Crippen LogP contribution is -2.54. The van der Waals surface area contributed by atoms with Crippen LogP contribution in [-0.2, 0) is 32.6 Å². The number of nitrogens with zero attached hydrogens (tertiary/aromatic N) is 2. The molecule has 246 valence electrons. The Labute approximate surface area is 286 Å². The molecule has 0 saturated heterocycles. The van der Waals surface area contributed by atoms with Crippen LogP contribution < -0.4 is 14.4 Å². The Morgan fingerprint density at radius 1 is 0.830 bits per heavy atom. The van der Waals surface area contributed by atoms with Gasteiger partial charge in [-0.3, -0.25) is 13.9 Å². The van der Waals surface area contributed by atoms with Crippen LogP contribution in [0.5, 0.6) is 11.5 Å². The smallest absolute Gasteiger partial charge is 0.244 e. The third kappa shape index (κ3) is 9.28. The molecule has 1 N–H and O–H groups in total. The number of rotatable bonds is 13. The van der Waals surface area contributed by atoms with Gasteiger partial charge < -0.3 is 15.0 Å². The molecule has 47 heavy (non-hydrogen) atoms. The third-order valence-corrected chi connectivity index (χ3v) is 9.99. The first-order valence-electron chi connectivity index (χ1n) is 15.5. The molecule has 0 radical (unpaired) electrons. The zero-order valence-electron chi connectivity index (χ0n) is 26.0. The SMILES string of the molecule is CS(=O)(=O)N(CC(=O)N(Cc1c(Cl)cccc1Cl)[C@@H](Cc1ccccc1)C(=O)NC1CCCC1)c1ccc(Oc2ccccc2)cc1. The van der Waals surface area contributed by atoms with Gasteiger partial charge >= 0.3 is 0 Å². The van der Waals surface area contributed by atoms with Gasteiger partial charge in [-0.05, 0) is 66.9 Å². The largest absolute Gasteiger partial charge is 0.457 e. The molecule has 0 unspecified atom stereocenters. The minimum Gasteiger partial charge on any atom is -0.457 e. The Bertz CT molecular complexity index is 1750. The first kappa shape index (κ1) is 34.3. The number of benzene rings is 4. The molecule has 4 aromatic rings. The number of sulfonamides is 1. The van der Waals surface area contributed by atoms with Crippen LogP contribution in [-0.4, -0.2) is 50.0 Å². The molecular weight excluding hydrogens is 657 g/mol. The number of anilines is 1. The molecule has 0 aromatic heterocycles. The van der Waals surface area contributed by atoms with Gasteiger partial charge in [-0.1, -0.05) is 90.6 Å². The lowest BCUT2D eigenvalue weighted by atomic mass is 10.0. The first-order valence-corrected chi connectivity index (χ1v) is 18.1. The Hall–Kier alpha value is -4.05. The van der Waals surface area contributed by atoms with Crippen molar-refractivity contribution in [3.8, 4) is 11.5 Å². The van der Waals surface area contributed by atoms with Gasteiger partial charge in [0.1, 0.15) is 24.1 Å². The highest BCUT2D eigenvalue weighted by Crippen LogP contribution is 2.29. The van der Waals surface area contributed by atoms with Gasteiger partial charge in [0.15, 0.2) is 0 Å². The number of nitrogens with one attached hydrogen (secondary N) is 1. The molecule has 2 amide bonds. The van der Waals surface area contributed by atoms with E-state index in [0.717, 1.165) is 41.8 Å². The van der Waals surface area contributed by atoms with Gasteiger partial charge in [-0.2, -0.15) is 0 Å². The molecular formula is C36H37Cl2N3O5S. The number of amides is 2. The summed E-state index contributed by atoms with van der Waals surface area (Å²) < 4.78 is 33.2. The predicted octanol–water partition coefficient (Wildman–Crippen LogP) is 7.25. The lowest BCUT2D eigenvalue weighted by Gasteiger charge is -2.34. The monoisotopic (exact) mass is 693 g/mol. The molecule has 11 heteroatoms. The molecule has 0 bridgehead atoms. The zero-order valence-corrected chi connectivity index (χ0v) is 28.3. The summed E-state index contributed by atoms with van der Waals surface area (Å²) in [6.07, 6.45) is 5.00. The van der Waals surface area contributed by atoms with E-state index >= 15 is 0 Å². The van der Waals surface area contributed by atoms with Gasteiger partial charge in [0.2, 0.25) is 21.8 Å². The standard InChI is InChI=1S/C36H37Cl2N3O5S/c1-47(44,45)41(28-19-21-30(22-20-28)46-29-15-6-3-7-16-29)25-35(42)40(24-31-32(37)17-10-18-33(31)38)34(23-26-11-4-2-5-12-26)36(43)39-27-13-8-9-14-27/h2-7,10-12,15-22,27,34H,8-9,13-14,23-25H2,1H3,(H,39,43)/t34-/m0/s1. The van der Waals surface area contributed by atoms with E-state index in [4.69, 9.17) is 27.9 Å². The van der Waals surface area contributed by atoms with Crippen molar-refractivity contribution in [1.82, 2.24) is 10.2 Å². The predicted molar refractivity (Wildman–Crippen MR) is 186 cm³/mol. The Morgan fingerprint density at radius 2 is 1.40 bits per heavy atom. The maximum atomic E-state index is 14.4. The van der Waals surface area contributed by atoms with Crippen LogP contribution >= 0.6 is 23.2 Å². The van der Waals surface area contributed by atoms with E-state index in [0.29, 0.717) is 27.1 Å². The molecule has 0 aliphatic heterocycles. The normalized spacial score (nSPS) is 13.9. The van der Waals surface area contributed by atoms with E-state index in [1.165, 1.54) is 4.90 Å². The first-order chi connectivity index (χ1) is 22.6. The van der Waals surface area contributed by atoms with Crippen LogP contribution in [0.3, 0.4) is 0 Å². The molecule has 8 nitrogen and oxygen atoms in total. The third-order valence-electron chi connectivity index (χ3n) is 8.15. The van der Waals surface area contributed by atoms with Crippen molar-refractivity contribution in [2.75, 3.05) is 17.1 Å². The number of hydrogen-bond donors (Lipinski definition) is 1. The minimum absolute atomic E-state index is 0.00534. The maximum Gasteiger partial charge on any atom is 0.244 e. The summed E-state index contributed by atoms with van der Waals surface area (Å²) in [6, 6.07) is 29.1. The van der Waals surface area contributed by atoms with E-state index in [2.05, 4.69) is 5.32 Å². The zero-order chi connectivity index (χ0) is 33.4.